The summed E-state index contributed by atoms with van der Waals surface area (Å²) in [6, 6.07) is 0. The molecule has 2 rings (SSSR count). The molecule has 1 aliphatic carbocycles. The van der Waals surface area contributed by atoms with Gasteiger partial charge in [0.15, 0.2) is 0 Å². The van der Waals surface area contributed by atoms with Crippen LogP contribution in [0.3, 0.4) is 0 Å². The van der Waals surface area contributed by atoms with Crippen LogP contribution >= 0.6 is 0 Å². The lowest BCUT2D eigenvalue weighted by atomic mass is 9.82. The van der Waals surface area contributed by atoms with Crippen molar-refractivity contribution < 1.29 is 5.21 Å². The van der Waals surface area contributed by atoms with Gasteiger partial charge in [-0.3, -0.25) is 0 Å². The van der Waals surface area contributed by atoms with Crippen LogP contribution in [0.15, 0.2) is 5.16 Å². The molecule has 4 nitrogen and oxygen atoms in total. The Morgan fingerprint density at radius 2 is 1.82 bits per heavy atom. The fourth-order valence-electron chi connectivity index (χ4n) is 2.78. The van der Waals surface area contributed by atoms with Crippen molar-refractivity contribution in [3.05, 3.63) is 0 Å². The van der Waals surface area contributed by atoms with Gasteiger partial charge < -0.3 is 15.8 Å². The van der Waals surface area contributed by atoms with Crippen LogP contribution < -0.4 is 5.73 Å². The Labute approximate surface area is 104 Å². The van der Waals surface area contributed by atoms with Crippen molar-refractivity contribution in [2.75, 3.05) is 19.6 Å². The zero-order valence-corrected chi connectivity index (χ0v) is 11.1. The number of oxime groups is 1. The summed E-state index contributed by atoms with van der Waals surface area (Å²) in [6.07, 6.45) is 5.77. The van der Waals surface area contributed by atoms with Gasteiger partial charge in [-0.25, -0.2) is 0 Å². The van der Waals surface area contributed by atoms with Crippen LogP contribution in [0, 0.1) is 10.8 Å². The molecule has 1 heterocycles. The summed E-state index contributed by atoms with van der Waals surface area (Å²) in [6.45, 7) is 8.23. The van der Waals surface area contributed by atoms with Gasteiger partial charge in [-0.15, -0.1) is 0 Å². The van der Waals surface area contributed by atoms with Crippen molar-refractivity contribution in [3.8, 4) is 0 Å². The molecule has 2 aliphatic rings. The number of likely N-dealkylation sites (tertiary alicyclic amines) is 1. The quantitative estimate of drug-likeness (QED) is 0.341. The molecule has 4 heteroatoms. The summed E-state index contributed by atoms with van der Waals surface area (Å²) < 4.78 is 0. The first-order chi connectivity index (χ1) is 7.95. The summed E-state index contributed by atoms with van der Waals surface area (Å²) in [5.74, 6) is 0.389. The molecular formula is C13H25N3O. The Morgan fingerprint density at radius 1 is 1.24 bits per heavy atom. The van der Waals surface area contributed by atoms with Gasteiger partial charge in [0.2, 0.25) is 0 Å². The molecule has 0 spiro atoms. The van der Waals surface area contributed by atoms with Crippen LogP contribution in [0.5, 0.6) is 0 Å². The summed E-state index contributed by atoms with van der Waals surface area (Å²) >= 11 is 0. The van der Waals surface area contributed by atoms with Crippen LogP contribution in [-0.4, -0.2) is 35.6 Å². The number of nitrogens with two attached hydrogens (primary N) is 1. The van der Waals surface area contributed by atoms with Gasteiger partial charge >= 0.3 is 0 Å². The predicted molar refractivity (Wildman–Crippen MR) is 69.1 cm³/mol. The maximum absolute atomic E-state index is 8.65. The molecule has 1 saturated heterocycles. The monoisotopic (exact) mass is 239 g/mol. The normalized spacial score (nSPS) is 28.0. The smallest absolute Gasteiger partial charge is 0.139 e. The van der Waals surface area contributed by atoms with E-state index >= 15 is 0 Å². The summed E-state index contributed by atoms with van der Waals surface area (Å²) in [7, 11) is 0. The summed E-state index contributed by atoms with van der Waals surface area (Å²) in [5, 5.41) is 11.8. The second-order valence-corrected chi connectivity index (χ2v) is 6.71. The second kappa shape index (κ2) is 4.48. The third-order valence-corrected chi connectivity index (χ3v) is 4.41. The molecule has 0 bridgehead atoms. The van der Waals surface area contributed by atoms with Crippen molar-refractivity contribution in [3.63, 3.8) is 0 Å². The van der Waals surface area contributed by atoms with E-state index < -0.39 is 0 Å². The van der Waals surface area contributed by atoms with E-state index in [0.717, 1.165) is 13.0 Å². The van der Waals surface area contributed by atoms with E-state index in [1.807, 2.05) is 0 Å². The molecule has 2 fully saturated rings. The standard InChI is InChI=1S/C13H25N3O/c1-12(2)5-7-16(8-6-12)10-13(3-4-13)9-11(14)15-17/h17H,3-10H2,1-2H3,(H2,14,15). The van der Waals surface area contributed by atoms with Gasteiger partial charge in [0, 0.05) is 13.0 Å². The number of rotatable bonds is 4. The van der Waals surface area contributed by atoms with Crippen molar-refractivity contribution in [1.29, 1.82) is 0 Å². The first-order valence-electron chi connectivity index (χ1n) is 6.64. The van der Waals surface area contributed by atoms with Crippen LogP contribution in [0.25, 0.3) is 0 Å². The molecule has 98 valence electrons. The summed E-state index contributed by atoms with van der Waals surface area (Å²) in [4.78, 5) is 2.56. The highest BCUT2D eigenvalue weighted by atomic mass is 16.4. The van der Waals surface area contributed by atoms with Crippen molar-refractivity contribution in [2.24, 2.45) is 21.7 Å². The third-order valence-electron chi connectivity index (χ3n) is 4.41. The average Bonchev–Trinajstić information content (AvgIpc) is 3.01. The zero-order valence-electron chi connectivity index (χ0n) is 11.1. The largest absolute Gasteiger partial charge is 0.409 e. The van der Waals surface area contributed by atoms with Crippen molar-refractivity contribution >= 4 is 5.84 Å². The van der Waals surface area contributed by atoms with Gasteiger partial charge in [0.05, 0.1) is 0 Å². The Bertz CT molecular complexity index is 298. The van der Waals surface area contributed by atoms with Crippen LogP contribution in [-0.2, 0) is 0 Å². The number of amidine groups is 1. The SMILES string of the molecule is CC1(C)CCN(CC2(CC(N)=NO)CC2)CC1. The van der Waals surface area contributed by atoms with Gasteiger partial charge in [0.1, 0.15) is 5.84 Å². The van der Waals surface area contributed by atoms with Crippen molar-refractivity contribution in [2.45, 2.75) is 46.0 Å². The van der Waals surface area contributed by atoms with Crippen molar-refractivity contribution in [1.82, 2.24) is 4.90 Å². The molecule has 0 aromatic carbocycles. The first-order valence-corrected chi connectivity index (χ1v) is 6.64. The first kappa shape index (κ1) is 12.7. The summed E-state index contributed by atoms with van der Waals surface area (Å²) in [5.41, 5.74) is 6.46. The highest BCUT2D eigenvalue weighted by molar-refractivity contribution is 5.80. The Kier molecular flexibility index (Phi) is 3.34. The molecule has 1 aliphatic heterocycles. The second-order valence-electron chi connectivity index (χ2n) is 6.71. The van der Waals surface area contributed by atoms with E-state index in [-0.39, 0.29) is 0 Å². The van der Waals surface area contributed by atoms with E-state index in [2.05, 4.69) is 23.9 Å². The highest BCUT2D eigenvalue weighted by Gasteiger charge is 2.45. The minimum Gasteiger partial charge on any atom is -0.409 e. The molecule has 0 atom stereocenters. The van der Waals surface area contributed by atoms with Crippen LogP contribution in [0.2, 0.25) is 0 Å². The van der Waals surface area contributed by atoms with E-state index in [4.69, 9.17) is 10.9 Å². The highest BCUT2D eigenvalue weighted by Crippen LogP contribution is 2.50. The Morgan fingerprint density at radius 3 is 2.29 bits per heavy atom. The molecule has 0 aromatic heterocycles. The van der Waals surface area contributed by atoms with Gasteiger partial charge in [0.25, 0.3) is 0 Å². The molecule has 0 amide bonds. The Hall–Kier alpha value is -0.770. The molecule has 3 N–H and O–H groups in total. The molecule has 1 saturated carbocycles. The number of hydrogen-bond donors (Lipinski definition) is 2. The minimum atomic E-state index is 0.317. The molecule has 0 radical (unpaired) electrons. The molecular weight excluding hydrogens is 214 g/mol. The topological polar surface area (TPSA) is 61.8 Å². The maximum atomic E-state index is 8.65. The molecule has 0 aromatic rings. The zero-order chi connectivity index (χ0) is 12.5. The van der Waals surface area contributed by atoms with E-state index in [1.165, 1.54) is 38.8 Å². The number of piperidine rings is 1. The van der Waals surface area contributed by atoms with E-state index in [0.29, 0.717) is 16.7 Å². The lowest BCUT2D eigenvalue weighted by Crippen LogP contribution is -2.41. The minimum absolute atomic E-state index is 0.317. The fourth-order valence-corrected chi connectivity index (χ4v) is 2.78. The van der Waals surface area contributed by atoms with E-state index in [9.17, 15) is 0 Å². The number of nitrogens with zero attached hydrogens (tertiary/aromatic N) is 2. The molecule has 17 heavy (non-hydrogen) atoms. The average molecular weight is 239 g/mol. The molecule has 0 unspecified atom stereocenters. The lowest BCUT2D eigenvalue weighted by Gasteiger charge is -2.38. The van der Waals surface area contributed by atoms with Crippen LogP contribution in [0.4, 0.5) is 0 Å². The number of hydrogen-bond acceptors (Lipinski definition) is 3. The van der Waals surface area contributed by atoms with Gasteiger partial charge in [-0.2, -0.15) is 0 Å². The fraction of sp³-hybridized carbons (Fsp3) is 0.923. The maximum Gasteiger partial charge on any atom is 0.139 e. The van der Waals surface area contributed by atoms with Gasteiger partial charge in [-0.05, 0) is 49.6 Å². The third kappa shape index (κ3) is 3.35. The van der Waals surface area contributed by atoms with E-state index in [1.54, 1.807) is 0 Å². The Balaban J connectivity index is 1.82. The van der Waals surface area contributed by atoms with Crippen LogP contribution in [0.1, 0.15) is 46.0 Å². The lowest BCUT2D eigenvalue weighted by molar-refractivity contribution is 0.113. The van der Waals surface area contributed by atoms with Gasteiger partial charge in [-0.1, -0.05) is 19.0 Å². The predicted octanol–water partition coefficient (Wildman–Crippen LogP) is 2.03.